The standard InChI is InChI=1S/C22H31N5O3/c1-22(2,3)17-13-27-18(23-17)5-6-19(24-27)30-14-15-7-9-26(10-8-15)21(29)16-11-20(28)25(4)12-16/h5-6,13,15-16H,7-12,14H2,1-4H3. The van der Waals surface area contributed by atoms with E-state index in [1.54, 1.807) is 16.5 Å². The summed E-state index contributed by atoms with van der Waals surface area (Å²) in [6.07, 6.45) is 4.11. The van der Waals surface area contributed by atoms with Gasteiger partial charge in [-0.25, -0.2) is 9.50 Å². The Morgan fingerprint density at radius 2 is 1.97 bits per heavy atom. The third-order valence-electron chi connectivity index (χ3n) is 6.15. The lowest BCUT2D eigenvalue weighted by Gasteiger charge is -2.33. The summed E-state index contributed by atoms with van der Waals surface area (Å²) < 4.78 is 7.73. The smallest absolute Gasteiger partial charge is 0.231 e. The second-order valence-electron chi connectivity index (χ2n) is 9.61. The Morgan fingerprint density at radius 3 is 2.60 bits per heavy atom. The first-order valence-electron chi connectivity index (χ1n) is 10.7. The maximum absolute atomic E-state index is 12.7. The van der Waals surface area contributed by atoms with Crippen LogP contribution in [0.2, 0.25) is 0 Å². The SMILES string of the molecule is CN1CC(C(=O)N2CCC(COc3ccc4nc(C(C)(C)C)cn4n3)CC2)CC1=O. The number of fused-ring (bicyclic) bond motifs is 1. The molecule has 1 atom stereocenters. The van der Waals surface area contributed by atoms with Gasteiger partial charge in [-0.15, -0.1) is 5.10 Å². The Balaban J connectivity index is 1.28. The Kier molecular flexibility index (Phi) is 5.42. The highest BCUT2D eigenvalue weighted by atomic mass is 16.5. The lowest BCUT2D eigenvalue weighted by Crippen LogP contribution is -2.43. The van der Waals surface area contributed by atoms with Gasteiger partial charge in [-0.2, -0.15) is 0 Å². The Hall–Kier alpha value is -2.64. The molecule has 8 nitrogen and oxygen atoms in total. The van der Waals surface area contributed by atoms with Crippen molar-refractivity contribution in [3.05, 3.63) is 24.0 Å². The van der Waals surface area contributed by atoms with Gasteiger partial charge in [-0.1, -0.05) is 20.8 Å². The van der Waals surface area contributed by atoms with E-state index < -0.39 is 0 Å². The predicted molar refractivity (Wildman–Crippen MR) is 112 cm³/mol. The molecule has 30 heavy (non-hydrogen) atoms. The summed E-state index contributed by atoms with van der Waals surface area (Å²) in [6, 6.07) is 3.79. The highest BCUT2D eigenvalue weighted by Crippen LogP contribution is 2.25. The molecule has 0 radical (unpaired) electrons. The normalized spacial score (nSPS) is 20.9. The van der Waals surface area contributed by atoms with Gasteiger partial charge >= 0.3 is 0 Å². The molecule has 4 rings (SSSR count). The van der Waals surface area contributed by atoms with Crippen LogP contribution in [0.3, 0.4) is 0 Å². The number of hydrogen-bond donors (Lipinski definition) is 0. The molecule has 8 heteroatoms. The zero-order valence-corrected chi connectivity index (χ0v) is 18.3. The van der Waals surface area contributed by atoms with Gasteiger partial charge in [0.2, 0.25) is 17.7 Å². The number of ether oxygens (including phenoxy) is 1. The average molecular weight is 414 g/mol. The van der Waals surface area contributed by atoms with E-state index >= 15 is 0 Å². The van der Waals surface area contributed by atoms with E-state index in [4.69, 9.17) is 4.74 Å². The summed E-state index contributed by atoms with van der Waals surface area (Å²) in [5.41, 5.74) is 1.79. The molecule has 0 saturated carbocycles. The van der Waals surface area contributed by atoms with Crippen molar-refractivity contribution in [2.24, 2.45) is 11.8 Å². The van der Waals surface area contributed by atoms with Gasteiger partial charge in [0.1, 0.15) is 0 Å². The fourth-order valence-electron chi connectivity index (χ4n) is 4.11. The first-order chi connectivity index (χ1) is 14.2. The predicted octanol–water partition coefficient (Wildman–Crippen LogP) is 2.12. The van der Waals surface area contributed by atoms with Crippen molar-refractivity contribution in [3.63, 3.8) is 0 Å². The molecule has 2 saturated heterocycles. The molecule has 0 spiro atoms. The van der Waals surface area contributed by atoms with Crippen LogP contribution in [0.25, 0.3) is 5.65 Å². The van der Waals surface area contributed by atoms with Crippen molar-refractivity contribution in [1.29, 1.82) is 0 Å². The van der Waals surface area contributed by atoms with E-state index in [-0.39, 0.29) is 23.1 Å². The van der Waals surface area contributed by atoms with Gasteiger partial charge in [0.25, 0.3) is 0 Å². The zero-order valence-electron chi connectivity index (χ0n) is 18.3. The number of rotatable bonds is 4. The summed E-state index contributed by atoms with van der Waals surface area (Å²) in [5.74, 6) is 0.987. The van der Waals surface area contributed by atoms with Crippen LogP contribution in [-0.4, -0.2) is 69.5 Å². The number of piperidine rings is 1. The lowest BCUT2D eigenvalue weighted by atomic mass is 9.93. The van der Waals surface area contributed by atoms with Crippen LogP contribution in [-0.2, 0) is 15.0 Å². The van der Waals surface area contributed by atoms with Crippen molar-refractivity contribution < 1.29 is 14.3 Å². The molecule has 162 valence electrons. The maximum Gasteiger partial charge on any atom is 0.231 e. The van der Waals surface area contributed by atoms with E-state index in [9.17, 15) is 9.59 Å². The largest absolute Gasteiger partial charge is 0.476 e. The molecule has 2 aliphatic heterocycles. The molecule has 2 fully saturated rings. The molecule has 0 aromatic carbocycles. The number of carbonyl (C=O) groups excluding carboxylic acids is 2. The highest BCUT2D eigenvalue weighted by molar-refractivity contribution is 5.89. The van der Waals surface area contributed by atoms with Gasteiger partial charge in [-0.05, 0) is 24.8 Å². The van der Waals surface area contributed by atoms with Gasteiger partial charge in [0.05, 0.1) is 24.4 Å². The number of amides is 2. The molecule has 2 aromatic rings. The van der Waals surface area contributed by atoms with Crippen LogP contribution in [0.15, 0.2) is 18.3 Å². The second kappa shape index (κ2) is 7.89. The minimum Gasteiger partial charge on any atom is -0.476 e. The molecule has 0 aliphatic carbocycles. The molecule has 4 heterocycles. The van der Waals surface area contributed by atoms with Crippen molar-refractivity contribution in [2.75, 3.05) is 33.3 Å². The fourth-order valence-corrected chi connectivity index (χ4v) is 4.11. The van der Waals surface area contributed by atoms with Crippen LogP contribution in [0.1, 0.15) is 45.7 Å². The van der Waals surface area contributed by atoms with E-state index in [1.165, 1.54) is 0 Å². The van der Waals surface area contributed by atoms with Crippen LogP contribution in [0.4, 0.5) is 0 Å². The van der Waals surface area contributed by atoms with Crippen LogP contribution < -0.4 is 4.74 Å². The van der Waals surface area contributed by atoms with Gasteiger partial charge in [-0.3, -0.25) is 9.59 Å². The zero-order chi connectivity index (χ0) is 21.5. The molecular weight excluding hydrogens is 382 g/mol. The first kappa shape index (κ1) is 20.6. The maximum atomic E-state index is 12.7. The molecule has 0 bridgehead atoms. The summed E-state index contributed by atoms with van der Waals surface area (Å²) in [4.78, 5) is 32.6. The van der Waals surface area contributed by atoms with E-state index in [2.05, 4.69) is 30.9 Å². The summed E-state index contributed by atoms with van der Waals surface area (Å²) in [6.45, 7) is 8.98. The monoisotopic (exact) mass is 413 g/mol. The Morgan fingerprint density at radius 1 is 1.23 bits per heavy atom. The Labute approximate surface area is 177 Å². The van der Waals surface area contributed by atoms with E-state index in [0.29, 0.717) is 31.4 Å². The number of aromatic nitrogens is 3. The molecule has 0 N–H and O–H groups in total. The number of likely N-dealkylation sites (tertiary alicyclic amines) is 2. The van der Waals surface area contributed by atoms with Gasteiger partial charge in [0.15, 0.2) is 5.65 Å². The molecule has 2 aliphatic rings. The summed E-state index contributed by atoms with van der Waals surface area (Å²) in [5, 5.41) is 4.53. The van der Waals surface area contributed by atoms with E-state index in [1.807, 2.05) is 23.2 Å². The molecule has 2 amide bonds. The lowest BCUT2D eigenvalue weighted by molar-refractivity contribution is -0.137. The average Bonchev–Trinajstić information content (AvgIpc) is 3.29. The minimum absolute atomic E-state index is 0.0265. The number of carbonyl (C=O) groups is 2. The third kappa shape index (κ3) is 4.27. The first-order valence-corrected chi connectivity index (χ1v) is 10.7. The molecule has 1 unspecified atom stereocenters. The second-order valence-corrected chi connectivity index (χ2v) is 9.61. The van der Waals surface area contributed by atoms with Crippen LogP contribution in [0.5, 0.6) is 5.88 Å². The van der Waals surface area contributed by atoms with Crippen molar-refractivity contribution >= 4 is 17.5 Å². The topological polar surface area (TPSA) is 80.0 Å². The van der Waals surface area contributed by atoms with Crippen molar-refractivity contribution in [3.8, 4) is 5.88 Å². The summed E-state index contributed by atoms with van der Waals surface area (Å²) in [7, 11) is 1.76. The van der Waals surface area contributed by atoms with Crippen LogP contribution in [0, 0.1) is 11.8 Å². The van der Waals surface area contributed by atoms with Crippen LogP contribution >= 0.6 is 0 Å². The van der Waals surface area contributed by atoms with Gasteiger partial charge < -0.3 is 14.5 Å². The van der Waals surface area contributed by atoms with Crippen molar-refractivity contribution in [1.82, 2.24) is 24.4 Å². The van der Waals surface area contributed by atoms with E-state index in [0.717, 1.165) is 37.3 Å². The third-order valence-corrected chi connectivity index (χ3v) is 6.15. The quantitative estimate of drug-likeness (QED) is 0.767. The minimum atomic E-state index is -0.181. The fraction of sp³-hybridized carbons (Fsp3) is 0.636. The molecule has 2 aromatic heterocycles. The van der Waals surface area contributed by atoms with Crippen molar-refractivity contribution in [2.45, 2.75) is 45.4 Å². The summed E-state index contributed by atoms with van der Waals surface area (Å²) >= 11 is 0. The highest BCUT2D eigenvalue weighted by Gasteiger charge is 2.36. The Bertz CT molecular complexity index is 940. The number of nitrogens with zero attached hydrogens (tertiary/aromatic N) is 5. The number of hydrogen-bond acceptors (Lipinski definition) is 5. The molecular formula is C22H31N5O3. The number of imidazole rings is 1. The van der Waals surface area contributed by atoms with Gasteiger partial charge in [0, 0.05) is 44.6 Å².